The van der Waals surface area contributed by atoms with Gasteiger partial charge in [0, 0.05) is 6.42 Å². The Bertz CT molecular complexity index is 1540. The minimum atomic E-state index is -1.57. The van der Waals surface area contributed by atoms with Crippen LogP contribution in [-0.2, 0) is 14.3 Å². The molecule has 0 bridgehead atoms. The summed E-state index contributed by atoms with van der Waals surface area (Å²) in [5, 5.41) is 54.9. The van der Waals surface area contributed by atoms with E-state index in [2.05, 4.69) is 43.5 Å². The Morgan fingerprint density at radius 3 is 0.923 bits per heavy atom. The number of aliphatic hydroxyl groups excluding tert-OH is 5. The number of ether oxygens (including phenoxy) is 2. The van der Waals surface area contributed by atoms with Crippen LogP contribution in [0.25, 0.3) is 0 Å². The van der Waals surface area contributed by atoms with E-state index in [1.807, 2.05) is 6.08 Å². The highest BCUT2D eigenvalue weighted by molar-refractivity contribution is 5.76. The van der Waals surface area contributed by atoms with Gasteiger partial charge in [0.1, 0.15) is 24.4 Å². The van der Waals surface area contributed by atoms with Crippen molar-refractivity contribution in [3.8, 4) is 0 Å². The van der Waals surface area contributed by atoms with E-state index in [0.29, 0.717) is 6.42 Å². The SMILES string of the molecule is CCCCCCCCCC/C=C\CCCCCCCCCCCCCCCCCCCCCCCCCCCCCCCC(=O)NC(COC1OC(CO)C(O)C(O)C1O)C(O)/C=C/CC/C=C/CCCCCCCCCCCCCCCCCCCCCCC. The molecule has 1 aliphatic rings. The van der Waals surface area contributed by atoms with Crippen molar-refractivity contribution in [3.05, 3.63) is 36.5 Å². The predicted molar refractivity (Wildman–Crippen MR) is 392 cm³/mol. The molecule has 1 rings (SSSR count). The molecule has 0 aromatic heterocycles. The molecule has 538 valence electrons. The van der Waals surface area contributed by atoms with Crippen molar-refractivity contribution in [2.75, 3.05) is 13.2 Å². The fourth-order valence-electron chi connectivity index (χ4n) is 13.4. The van der Waals surface area contributed by atoms with Crippen LogP contribution < -0.4 is 5.32 Å². The molecule has 0 radical (unpaired) electrons. The maximum absolute atomic E-state index is 13.2. The van der Waals surface area contributed by atoms with E-state index < -0.39 is 49.5 Å². The van der Waals surface area contributed by atoms with E-state index in [1.165, 1.54) is 366 Å². The molecule has 0 aromatic carbocycles. The van der Waals surface area contributed by atoms with E-state index >= 15 is 0 Å². The van der Waals surface area contributed by atoms with Gasteiger partial charge in [-0.3, -0.25) is 4.79 Å². The monoisotopic (exact) mass is 1280 g/mol. The molecule has 1 fully saturated rings. The Kier molecular flexibility index (Phi) is 68.4. The van der Waals surface area contributed by atoms with Crippen molar-refractivity contribution >= 4 is 5.91 Å². The third kappa shape index (κ3) is 59.4. The van der Waals surface area contributed by atoms with Crippen molar-refractivity contribution < 1.29 is 39.8 Å². The van der Waals surface area contributed by atoms with Gasteiger partial charge in [0.05, 0.1) is 25.4 Å². The lowest BCUT2D eigenvalue weighted by atomic mass is 9.99. The standard InChI is InChI=1S/C82H157NO8/c1-3-5-7-9-11-13-15-17-19-21-23-25-27-29-31-32-33-34-35-36-37-38-39-40-41-42-43-44-46-48-50-52-54-56-58-60-62-64-66-68-70-72-78(86)83-75(74-90-82-81(89)80(88)79(87)77(73-84)91-82)76(85)71-69-67-65-63-61-59-57-55-53-51-49-47-45-30-28-26-24-22-20-18-16-14-12-10-8-6-4-2/h21,23,61,63,69,71,75-77,79-82,84-85,87-89H,3-20,22,24-60,62,64-68,70,72-74H2,1-2H3,(H,83,86)/b23-21-,63-61+,71-69+. The summed E-state index contributed by atoms with van der Waals surface area (Å²) in [6.45, 7) is 3.83. The highest BCUT2D eigenvalue weighted by atomic mass is 16.7. The van der Waals surface area contributed by atoms with Crippen LogP contribution in [-0.4, -0.2) is 87.5 Å². The quantitative estimate of drug-likeness (QED) is 0.0261. The Labute approximate surface area is 565 Å². The Morgan fingerprint density at radius 1 is 0.363 bits per heavy atom. The second-order valence-electron chi connectivity index (χ2n) is 28.6. The predicted octanol–water partition coefficient (Wildman–Crippen LogP) is 23.3. The molecule has 0 spiro atoms. The summed E-state index contributed by atoms with van der Waals surface area (Å²) in [7, 11) is 0. The molecule has 0 aromatic rings. The summed E-state index contributed by atoms with van der Waals surface area (Å²) in [5.41, 5.74) is 0. The molecule has 1 amide bonds. The molecule has 6 N–H and O–H groups in total. The highest BCUT2D eigenvalue weighted by Gasteiger charge is 2.44. The molecule has 9 nitrogen and oxygen atoms in total. The molecular formula is C82H157NO8. The van der Waals surface area contributed by atoms with E-state index in [4.69, 9.17) is 9.47 Å². The lowest BCUT2D eigenvalue weighted by Crippen LogP contribution is -2.60. The smallest absolute Gasteiger partial charge is 0.220 e. The number of carbonyl (C=O) groups is 1. The van der Waals surface area contributed by atoms with E-state index in [0.717, 1.165) is 38.5 Å². The molecule has 1 aliphatic heterocycles. The second kappa shape index (κ2) is 71.2. The van der Waals surface area contributed by atoms with Crippen molar-refractivity contribution in [2.45, 2.75) is 468 Å². The van der Waals surface area contributed by atoms with Crippen LogP contribution in [0.5, 0.6) is 0 Å². The maximum Gasteiger partial charge on any atom is 0.220 e. The Balaban J connectivity index is 2.04. The number of amides is 1. The van der Waals surface area contributed by atoms with Crippen LogP contribution in [0.1, 0.15) is 425 Å². The first-order valence-electron chi connectivity index (χ1n) is 40.7. The minimum absolute atomic E-state index is 0.177. The number of aliphatic hydroxyl groups is 5. The zero-order valence-corrected chi connectivity index (χ0v) is 60.6. The molecule has 7 atom stereocenters. The van der Waals surface area contributed by atoms with Gasteiger partial charge < -0.3 is 40.3 Å². The molecule has 0 aliphatic carbocycles. The van der Waals surface area contributed by atoms with Gasteiger partial charge in [0.2, 0.25) is 5.91 Å². The number of hydrogen-bond donors (Lipinski definition) is 6. The lowest BCUT2D eigenvalue weighted by molar-refractivity contribution is -0.302. The van der Waals surface area contributed by atoms with Crippen molar-refractivity contribution in [1.29, 1.82) is 0 Å². The molecule has 7 unspecified atom stereocenters. The fraction of sp³-hybridized carbons (Fsp3) is 0.915. The van der Waals surface area contributed by atoms with E-state index in [9.17, 15) is 30.3 Å². The van der Waals surface area contributed by atoms with Gasteiger partial charge >= 0.3 is 0 Å². The summed E-state index contributed by atoms with van der Waals surface area (Å²) in [5.74, 6) is -0.177. The zero-order chi connectivity index (χ0) is 65.7. The third-order valence-electron chi connectivity index (χ3n) is 19.7. The average molecular weight is 1290 g/mol. The lowest BCUT2D eigenvalue weighted by Gasteiger charge is -2.40. The van der Waals surface area contributed by atoms with E-state index in [-0.39, 0.29) is 12.5 Å². The number of rotatable bonds is 73. The number of allylic oxidation sites excluding steroid dienone is 5. The number of nitrogens with one attached hydrogen (secondary N) is 1. The zero-order valence-electron chi connectivity index (χ0n) is 60.6. The largest absolute Gasteiger partial charge is 0.394 e. The van der Waals surface area contributed by atoms with Crippen LogP contribution in [0.3, 0.4) is 0 Å². The third-order valence-corrected chi connectivity index (χ3v) is 19.7. The van der Waals surface area contributed by atoms with Gasteiger partial charge in [-0.1, -0.05) is 397 Å². The van der Waals surface area contributed by atoms with Gasteiger partial charge in [-0.25, -0.2) is 0 Å². The van der Waals surface area contributed by atoms with Gasteiger partial charge in [-0.05, 0) is 57.8 Å². The van der Waals surface area contributed by atoms with Crippen molar-refractivity contribution in [3.63, 3.8) is 0 Å². The molecule has 9 heteroatoms. The Hall–Kier alpha value is -1.59. The summed E-state index contributed by atoms with van der Waals surface area (Å²) in [6.07, 6.45) is 90.3. The first-order valence-corrected chi connectivity index (χ1v) is 40.7. The summed E-state index contributed by atoms with van der Waals surface area (Å²) >= 11 is 0. The molecule has 1 saturated heterocycles. The molecule has 0 saturated carbocycles. The first-order chi connectivity index (χ1) is 44.8. The van der Waals surface area contributed by atoms with Crippen LogP contribution in [0.2, 0.25) is 0 Å². The van der Waals surface area contributed by atoms with Gasteiger partial charge in [0.15, 0.2) is 6.29 Å². The fourth-order valence-corrected chi connectivity index (χ4v) is 13.4. The molecule has 1 heterocycles. The number of unbranched alkanes of at least 4 members (excludes halogenated alkanes) is 59. The number of hydrogen-bond acceptors (Lipinski definition) is 8. The summed E-state index contributed by atoms with van der Waals surface area (Å²) in [4.78, 5) is 13.2. The highest BCUT2D eigenvalue weighted by Crippen LogP contribution is 2.24. The topological polar surface area (TPSA) is 149 Å². The van der Waals surface area contributed by atoms with Crippen LogP contribution >= 0.6 is 0 Å². The average Bonchev–Trinajstić information content (AvgIpc) is 1.58. The van der Waals surface area contributed by atoms with Gasteiger partial charge in [-0.2, -0.15) is 0 Å². The summed E-state index contributed by atoms with van der Waals surface area (Å²) in [6, 6.07) is -0.822. The second-order valence-corrected chi connectivity index (χ2v) is 28.6. The Morgan fingerprint density at radius 2 is 0.626 bits per heavy atom. The van der Waals surface area contributed by atoms with Crippen LogP contribution in [0, 0.1) is 0 Å². The van der Waals surface area contributed by atoms with Gasteiger partial charge in [0.25, 0.3) is 0 Å². The van der Waals surface area contributed by atoms with Crippen molar-refractivity contribution in [2.24, 2.45) is 0 Å². The normalized spacial score (nSPS) is 17.8. The van der Waals surface area contributed by atoms with Crippen molar-refractivity contribution in [1.82, 2.24) is 5.32 Å². The number of carbonyl (C=O) groups excluding carboxylic acids is 1. The maximum atomic E-state index is 13.2. The van der Waals surface area contributed by atoms with Crippen LogP contribution in [0.15, 0.2) is 36.5 Å². The molecular weight excluding hydrogens is 1130 g/mol. The first kappa shape index (κ1) is 87.4. The minimum Gasteiger partial charge on any atom is -0.394 e. The summed E-state index contributed by atoms with van der Waals surface area (Å²) < 4.78 is 11.3. The van der Waals surface area contributed by atoms with E-state index in [1.54, 1.807) is 6.08 Å². The molecule has 91 heavy (non-hydrogen) atoms. The van der Waals surface area contributed by atoms with Crippen LogP contribution in [0.4, 0.5) is 0 Å². The van der Waals surface area contributed by atoms with Gasteiger partial charge in [-0.15, -0.1) is 0 Å².